The zero-order valence-corrected chi connectivity index (χ0v) is 18.7. The number of ether oxygens (including phenoxy) is 1. The molecule has 0 saturated heterocycles. The highest BCUT2D eigenvalue weighted by molar-refractivity contribution is 7.99. The highest BCUT2D eigenvalue weighted by atomic mass is 35.5. The van der Waals surface area contributed by atoms with E-state index in [0.29, 0.717) is 5.02 Å². The molecule has 3 aromatic rings. The SMILES string of the molecule is CCC(OC)c1cncc2c1c(Sc1ccc(Cl)cc1)c1n2CCCC1CC(=O)O. The quantitative estimate of drug-likeness (QED) is 0.463. The van der Waals surface area contributed by atoms with Crippen molar-refractivity contribution in [1.29, 1.82) is 0 Å². The lowest BCUT2D eigenvalue weighted by Gasteiger charge is -2.25. The molecular formula is C23H25ClN2O3S. The molecule has 5 nitrogen and oxygen atoms in total. The van der Waals surface area contributed by atoms with E-state index in [1.165, 1.54) is 0 Å². The second-order valence-corrected chi connectivity index (χ2v) is 9.13. The smallest absolute Gasteiger partial charge is 0.304 e. The number of aromatic nitrogens is 2. The summed E-state index contributed by atoms with van der Waals surface area (Å²) in [5.41, 5.74) is 3.23. The number of carboxylic acids is 1. The first-order valence-electron chi connectivity index (χ1n) is 10.2. The molecule has 0 aliphatic carbocycles. The summed E-state index contributed by atoms with van der Waals surface area (Å²) < 4.78 is 8.05. The van der Waals surface area contributed by atoms with Crippen LogP contribution in [0.3, 0.4) is 0 Å². The van der Waals surface area contributed by atoms with Crippen LogP contribution in [0.4, 0.5) is 0 Å². The lowest BCUT2D eigenvalue weighted by molar-refractivity contribution is -0.137. The number of carbonyl (C=O) groups is 1. The van der Waals surface area contributed by atoms with Crippen molar-refractivity contribution in [2.75, 3.05) is 7.11 Å². The Kier molecular flexibility index (Phi) is 6.37. The van der Waals surface area contributed by atoms with Crippen LogP contribution in [0.1, 0.15) is 55.9 Å². The molecule has 1 aliphatic rings. The van der Waals surface area contributed by atoms with Gasteiger partial charge in [0.1, 0.15) is 0 Å². The number of aryl methyl sites for hydroxylation is 1. The van der Waals surface area contributed by atoms with Crippen molar-refractivity contribution in [1.82, 2.24) is 9.55 Å². The number of hydrogen-bond acceptors (Lipinski definition) is 4. The summed E-state index contributed by atoms with van der Waals surface area (Å²) in [6, 6.07) is 7.78. The Hall–Kier alpha value is -2.02. The number of carboxylic acid groups (broad SMARTS) is 1. The number of fused-ring (bicyclic) bond motifs is 3. The Morgan fingerprint density at radius 1 is 1.37 bits per heavy atom. The predicted molar refractivity (Wildman–Crippen MR) is 120 cm³/mol. The van der Waals surface area contributed by atoms with Gasteiger partial charge in [0.2, 0.25) is 0 Å². The number of hydrogen-bond donors (Lipinski definition) is 1. The largest absolute Gasteiger partial charge is 0.481 e. The van der Waals surface area contributed by atoms with Gasteiger partial charge in [0.25, 0.3) is 0 Å². The maximum absolute atomic E-state index is 11.6. The van der Waals surface area contributed by atoms with Gasteiger partial charge in [0.05, 0.1) is 24.2 Å². The summed E-state index contributed by atoms with van der Waals surface area (Å²) in [6.45, 7) is 2.97. The van der Waals surface area contributed by atoms with Crippen LogP contribution in [-0.2, 0) is 16.1 Å². The van der Waals surface area contributed by atoms with Crippen LogP contribution in [0.2, 0.25) is 5.02 Å². The van der Waals surface area contributed by atoms with E-state index in [-0.39, 0.29) is 18.4 Å². The Labute approximate surface area is 185 Å². The second-order valence-electron chi connectivity index (χ2n) is 7.61. The van der Waals surface area contributed by atoms with Gasteiger partial charge in [-0.15, -0.1) is 0 Å². The molecule has 0 fully saturated rings. The molecule has 158 valence electrons. The van der Waals surface area contributed by atoms with E-state index in [4.69, 9.17) is 16.3 Å². The van der Waals surface area contributed by atoms with Gasteiger partial charge in [-0.3, -0.25) is 9.78 Å². The van der Waals surface area contributed by atoms with Gasteiger partial charge in [-0.2, -0.15) is 0 Å². The highest BCUT2D eigenvalue weighted by Gasteiger charge is 2.31. The first-order valence-corrected chi connectivity index (χ1v) is 11.4. The van der Waals surface area contributed by atoms with Gasteiger partial charge in [0.15, 0.2) is 0 Å². The monoisotopic (exact) mass is 444 g/mol. The summed E-state index contributed by atoms with van der Waals surface area (Å²) in [7, 11) is 1.72. The molecule has 0 radical (unpaired) electrons. The Morgan fingerprint density at radius 3 is 2.80 bits per heavy atom. The van der Waals surface area contributed by atoms with Gasteiger partial charge < -0.3 is 14.4 Å². The van der Waals surface area contributed by atoms with Gasteiger partial charge in [0, 0.05) is 57.2 Å². The molecule has 1 N–H and O–H groups in total. The van der Waals surface area contributed by atoms with Crippen LogP contribution < -0.4 is 0 Å². The molecule has 4 rings (SSSR count). The molecule has 2 aromatic heterocycles. The fourth-order valence-electron chi connectivity index (χ4n) is 4.47. The maximum atomic E-state index is 11.6. The molecule has 0 amide bonds. The number of halogens is 1. The number of rotatable bonds is 7. The van der Waals surface area contributed by atoms with E-state index in [0.717, 1.165) is 57.8 Å². The fraction of sp³-hybridized carbons (Fsp3) is 0.391. The summed E-state index contributed by atoms with van der Waals surface area (Å²) in [5, 5.41) is 11.4. The molecule has 30 heavy (non-hydrogen) atoms. The minimum absolute atomic E-state index is 0.0195. The third-order valence-electron chi connectivity index (χ3n) is 5.77. The van der Waals surface area contributed by atoms with E-state index in [1.54, 1.807) is 18.9 Å². The molecule has 3 heterocycles. The molecular weight excluding hydrogens is 420 g/mol. The van der Waals surface area contributed by atoms with E-state index in [1.807, 2.05) is 36.7 Å². The first-order chi connectivity index (χ1) is 14.5. The molecule has 1 aliphatic heterocycles. The van der Waals surface area contributed by atoms with Gasteiger partial charge >= 0.3 is 5.97 Å². The first kappa shape index (κ1) is 21.2. The predicted octanol–water partition coefficient (Wildman–Crippen LogP) is 6.29. The summed E-state index contributed by atoms with van der Waals surface area (Å²) in [5.74, 6) is -0.781. The third-order valence-corrected chi connectivity index (χ3v) is 7.15. The summed E-state index contributed by atoms with van der Waals surface area (Å²) >= 11 is 7.76. The third kappa shape index (κ3) is 3.96. The number of pyridine rings is 1. The van der Waals surface area contributed by atoms with Crippen LogP contribution in [0.5, 0.6) is 0 Å². The van der Waals surface area contributed by atoms with E-state index < -0.39 is 5.97 Å². The lowest BCUT2D eigenvalue weighted by atomic mass is 9.92. The van der Waals surface area contributed by atoms with Crippen molar-refractivity contribution >= 4 is 40.2 Å². The van der Waals surface area contributed by atoms with Crippen LogP contribution >= 0.6 is 23.4 Å². The molecule has 7 heteroatoms. The van der Waals surface area contributed by atoms with Crippen molar-refractivity contribution in [3.05, 3.63) is 52.9 Å². The summed E-state index contributed by atoms with van der Waals surface area (Å²) in [6.07, 6.45) is 6.54. The van der Waals surface area contributed by atoms with Crippen molar-refractivity contribution in [3.8, 4) is 0 Å². The molecule has 2 unspecified atom stereocenters. The van der Waals surface area contributed by atoms with Crippen molar-refractivity contribution < 1.29 is 14.6 Å². The van der Waals surface area contributed by atoms with Crippen LogP contribution in [-0.4, -0.2) is 27.7 Å². The van der Waals surface area contributed by atoms with E-state index in [2.05, 4.69) is 16.5 Å². The van der Waals surface area contributed by atoms with Crippen LogP contribution in [0.15, 0.2) is 46.5 Å². The Balaban J connectivity index is 1.96. The number of nitrogens with zero attached hydrogens (tertiary/aromatic N) is 2. The lowest BCUT2D eigenvalue weighted by Crippen LogP contribution is -2.18. The van der Waals surface area contributed by atoms with Crippen molar-refractivity contribution in [2.24, 2.45) is 0 Å². The topological polar surface area (TPSA) is 64.4 Å². The average Bonchev–Trinajstić information content (AvgIpc) is 3.06. The second kappa shape index (κ2) is 9.00. The normalized spacial score (nSPS) is 17.1. The van der Waals surface area contributed by atoms with Gasteiger partial charge in [-0.25, -0.2) is 0 Å². The number of methoxy groups -OCH3 is 1. The van der Waals surface area contributed by atoms with Gasteiger partial charge in [-0.05, 0) is 43.5 Å². The molecule has 0 spiro atoms. The van der Waals surface area contributed by atoms with Gasteiger partial charge in [-0.1, -0.05) is 30.3 Å². The Morgan fingerprint density at radius 2 is 2.13 bits per heavy atom. The van der Waals surface area contributed by atoms with Crippen molar-refractivity contribution in [3.63, 3.8) is 0 Å². The standard InChI is InChI=1S/C23H25ClN2O3S/c1-3-19(29-2)17-12-25-13-18-21(17)23(30-16-8-6-15(24)7-9-16)22-14(11-20(27)28)5-4-10-26(18)22/h6-9,12-14,19H,3-5,10-11H2,1-2H3,(H,27,28). The fourth-order valence-corrected chi connectivity index (χ4v) is 5.81. The maximum Gasteiger partial charge on any atom is 0.304 e. The molecule has 0 bridgehead atoms. The Bertz CT molecular complexity index is 1060. The van der Waals surface area contributed by atoms with Crippen molar-refractivity contribution in [2.45, 2.75) is 61.0 Å². The molecule has 0 saturated carbocycles. The van der Waals surface area contributed by atoms with Crippen LogP contribution in [0, 0.1) is 0 Å². The van der Waals surface area contributed by atoms with Crippen LogP contribution in [0.25, 0.3) is 10.9 Å². The minimum atomic E-state index is -0.761. The van der Waals surface area contributed by atoms with E-state index >= 15 is 0 Å². The zero-order valence-electron chi connectivity index (χ0n) is 17.1. The molecule has 2 atom stereocenters. The summed E-state index contributed by atoms with van der Waals surface area (Å²) in [4.78, 5) is 18.3. The average molecular weight is 445 g/mol. The molecule has 1 aromatic carbocycles. The zero-order chi connectivity index (χ0) is 21.3. The van der Waals surface area contributed by atoms with E-state index in [9.17, 15) is 9.90 Å². The number of benzene rings is 1. The minimum Gasteiger partial charge on any atom is -0.481 e. The highest BCUT2D eigenvalue weighted by Crippen LogP contribution is 2.47. The number of aliphatic carboxylic acids is 1.